The van der Waals surface area contributed by atoms with Gasteiger partial charge in [0.2, 0.25) is 15.9 Å². The van der Waals surface area contributed by atoms with Gasteiger partial charge in [-0.05, 0) is 37.1 Å². The second-order valence-electron chi connectivity index (χ2n) is 6.19. The van der Waals surface area contributed by atoms with E-state index < -0.39 is 27.7 Å². The van der Waals surface area contributed by atoms with Gasteiger partial charge in [0.05, 0.1) is 11.8 Å². The zero-order valence-electron chi connectivity index (χ0n) is 13.8. The monoisotopic (exact) mass is 378 g/mol. The van der Waals surface area contributed by atoms with Gasteiger partial charge < -0.3 is 5.32 Å². The zero-order chi connectivity index (χ0) is 18.7. The molecule has 0 aliphatic heterocycles. The molecule has 0 atom stereocenters. The van der Waals surface area contributed by atoms with E-state index in [0.717, 1.165) is 44.1 Å². The van der Waals surface area contributed by atoms with E-state index in [-0.39, 0.29) is 24.7 Å². The Labute approximate surface area is 145 Å². The summed E-state index contributed by atoms with van der Waals surface area (Å²) < 4.78 is 62.7. The van der Waals surface area contributed by atoms with Gasteiger partial charge in [0, 0.05) is 24.7 Å². The molecule has 1 aliphatic carbocycles. The molecule has 2 rings (SSSR count). The van der Waals surface area contributed by atoms with Crippen molar-refractivity contribution in [3.05, 3.63) is 29.8 Å². The molecule has 1 N–H and O–H groups in total. The number of hydrogen-bond acceptors (Lipinski definition) is 3. The summed E-state index contributed by atoms with van der Waals surface area (Å²) in [6.07, 6.45) is 0.146. The van der Waals surface area contributed by atoms with E-state index in [0.29, 0.717) is 0 Å². The Morgan fingerprint density at radius 1 is 1.20 bits per heavy atom. The highest BCUT2D eigenvalue weighted by Gasteiger charge is 2.30. The molecular formula is C16H21F3N2O3S. The molecule has 0 aromatic heterocycles. The summed E-state index contributed by atoms with van der Waals surface area (Å²) in [5.74, 6) is -0.439. The minimum atomic E-state index is -4.43. The molecule has 1 aromatic rings. The van der Waals surface area contributed by atoms with E-state index >= 15 is 0 Å². The van der Waals surface area contributed by atoms with Crippen LogP contribution in [0.2, 0.25) is 0 Å². The number of sulfonamides is 1. The highest BCUT2D eigenvalue weighted by molar-refractivity contribution is 7.88. The van der Waals surface area contributed by atoms with Gasteiger partial charge in [-0.2, -0.15) is 17.5 Å². The van der Waals surface area contributed by atoms with Crippen LogP contribution in [0.25, 0.3) is 0 Å². The van der Waals surface area contributed by atoms with Gasteiger partial charge >= 0.3 is 6.18 Å². The topological polar surface area (TPSA) is 66.5 Å². The van der Waals surface area contributed by atoms with E-state index in [1.807, 2.05) is 0 Å². The molecule has 0 unspecified atom stereocenters. The molecule has 1 fully saturated rings. The number of carbonyl (C=O) groups excluding carboxylic acids is 1. The summed E-state index contributed by atoms with van der Waals surface area (Å²) in [4.78, 5) is 12.0. The van der Waals surface area contributed by atoms with Crippen molar-refractivity contribution in [3.8, 4) is 0 Å². The molecule has 140 valence electrons. The number of anilines is 1. The van der Waals surface area contributed by atoms with E-state index in [9.17, 15) is 26.4 Å². The first-order valence-electron chi connectivity index (χ1n) is 8.01. The number of nitrogens with one attached hydrogen (secondary N) is 1. The fraction of sp³-hybridized carbons (Fsp3) is 0.562. The fourth-order valence-corrected chi connectivity index (χ4v) is 4.16. The number of hydrogen-bond donors (Lipinski definition) is 1. The van der Waals surface area contributed by atoms with Gasteiger partial charge in [0.15, 0.2) is 0 Å². The average Bonchev–Trinajstić information content (AvgIpc) is 2.99. The van der Waals surface area contributed by atoms with E-state index in [4.69, 9.17) is 0 Å². The van der Waals surface area contributed by atoms with Crippen molar-refractivity contribution in [3.63, 3.8) is 0 Å². The number of halogens is 3. The first kappa shape index (κ1) is 19.7. The predicted octanol–water partition coefficient (Wildman–Crippen LogP) is 3.24. The molecule has 25 heavy (non-hydrogen) atoms. The third kappa shape index (κ3) is 5.71. The van der Waals surface area contributed by atoms with Crippen LogP contribution in [0.5, 0.6) is 0 Å². The first-order valence-corrected chi connectivity index (χ1v) is 9.86. The van der Waals surface area contributed by atoms with Crippen LogP contribution in [0.15, 0.2) is 24.3 Å². The lowest BCUT2D eigenvalue weighted by Gasteiger charge is -2.26. The summed E-state index contributed by atoms with van der Waals surface area (Å²) >= 11 is 0. The van der Waals surface area contributed by atoms with Gasteiger partial charge in [-0.1, -0.05) is 12.8 Å². The van der Waals surface area contributed by atoms with E-state index in [2.05, 4.69) is 5.32 Å². The van der Waals surface area contributed by atoms with Crippen LogP contribution >= 0.6 is 0 Å². The van der Waals surface area contributed by atoms with Crippen molar-refractivity contribution in [2.45, 2.75) is 44.3 Å². The number of amides is 1. The van der Waals surface area contributed by atoms with Crippen molar-refractivity contribution in [1.29, 1.82) is 0 Å². The second-order valence-corrected chi connectivity index (χ2v) is 8.12. The van der Waals surface area contributed by atoms with Crippen LogP contribution in [0.3, 0.4) is 0 Å². The third-order valence-corrected chi connectivity index (χ3v) is 5.55. The maximum atomic E-state index is 12.5. The number of nitrogens with zero attached hydrogens (tertiary/aromatic N) is 1. The quantitative estimate of drug-likeness (QED) is 0.826. The SMILES string of the molecule is CS(=O)(=O)N(CCC(=O)Nc1ccc(C(F)(F)F)cc1)C1CCCC1. The average molecular weight is 378 g/mol. The highest BCUT2D eigenvalue weighted by atomic mass is 32.2. The Morgan fingerprint density at radius 2 is 1.76 bits per heavy atom. The van der Waals surface area contributed by atoms with Crippen LogP contribution in [0, 0.1) is 0 Å². The van der Waals surface area contributed by atoms with Gasteiger partial charge in [-0.25, -0.2) is 8.42 Å². The van der Waals surface area contributed by atoms with Crippen LogP contribution in [-0.4, -0.2) is 37.5 Å². The van der Waals surface area contributed by atoms with Crippen LogP contribution in [-0.2, 0) is 21.0 Å². The minimum absolute atomic E-state index is 0.0510. The molecule has 1 aliphatic rings. The molecular weight excluding hydrogens is 357 g/mol. The normalized spacial score (nSPS) is 16.4. The van der Waals surface area contributed by atoms with Crippen LogP contribution < -0.4 is 5.32 Å². The Hall–Kier alpha value is -1.61. The molecule has 1 aromatic carbocycles. The molecule has 0 saturated heterocycles. The maximum absolute atomic E-state index is 12.5. The molecule has 9 heteroatoms. The molecule has 0 spiro atoms. The van der Waals surface area contributed by atoms with Crippen LogP contribution in [0.4, 0.5) is 18.9 Å². The lowest BCUT2D eigenvalue weighted by Crippen LogP contribution is -2.39. The van der Waals surface area contributed by atoms with E-state index in [1.165, 1.54) is 16.4 Å². The predicted molar refractivity (Wildman–Crippen MR) is 88.5 cm³/mol. The van der Waals surface area contributed by atoms with E-state index in [1.54, 1.807) is 0 Å². The van der Waals surface area contributed by atoms with Crippen molar-refractivity contribution < 1.29 is 26.4 Å². The Kier molecular flexibility index (Phi) is 6.10. The van der Waals surface area contributed by atoms with Gasteiger partial charge in [-0.15, -0.1) is 0 Å². The summed E-state index contributed by atoms with van der Waals surface area (Å²) in [7, 11) is -3.41. The molecule has 0 heterocycles. The van der Waals surface area contributed by atoms with Crippen LogP contribution in [0.1, 0.15) is 37.7 Å². The second kappa shape index (κ2) is 7.74. The summed E-state index contributed by atoms with van der Waals surface area (Å²) in [5, 5.41) is 2.49. The molecule has 1 amide bonds. The Morgan fingerprint density at radius 3 is 2.24 bits per heavy atom. The fourth-order valence-electron chi connectivity index (χ4n) is 2.99. The Balaban J connectivity index is 1.92. The van der Waals surface area contributed by atoms with Gasteiger partial charge in [-0.3, -0.25) is 4.79 Å². The Bertz CT molecular complexity index is 696. The van der Waals surface area contributed by atoms with Crippen molar-refractivity contribution in [1.82, 2.24) is 4.31 Å². The minimum Gasteiger partial charge on any atom is -0.326 e. The molecule has 5 nitrogen and oxygen atoms in total. The first-order chi connectivity index (χ1) is 11.6. The summed E-state index contributed by atoms with van der Waals surface area (Å²) in [6.45, 7) is 0.0654. The summed E-state index contributed by atoms with van der Waals surface area (Å²) in [5.41, 5.74) is -0.556. The van der Waals surface area contributed by atoms with Crippen molar-refractivity contribution in [2.75, 3.05) is 18.1 Å². The number of benzene rings is 1. The number of alkyl halides is 3. The molecule has 1 saturated carbocycles. The lowest BCUT2D eigenvalue weighted by molar-refractivity contribution is -0.137. The third-order valence-electron chi connectivity index (χ3n) is 4.21. The smallest absolute Gasteiger partial charge is 0.326 e. The standard InChI is InChI=1S/C16H21F3N2O3S/c1-25(23,24)21(14-4-2-3-5-14)11-10-15(22)20-13-8-6-12(7-9-13)16(17,18)19/h6-9,14H,2-5,10-11H2,1H3,(H,20,22). The van der Waals surface area contributed by atoms with Gasteiger partial charge in [0.25, 0.3) is 0 Å². The number of rotatable bonds is 6. The lowest BCUT2D eigenvalue weighted by atomic mass is 10.2. The maximum Gasteiger partial charge on any atom is 0.416 e. The highest BCUT2D eigenvalue weighted by Crippen LogP contribution is 2.30. The number of carbonyl (C=O) groups is 1. The van der Waals surface area contributed by atoms with Crippen molar-refractivity contribution in [2.24, 2.45) is 0 Å². The summed E-state index contributed by atoms with van der Waals surface area (Å²) in [6, 6.07) is 4.04. The zero-order valence-corrected chi connectivity index (χ0v) is 14.7. The van der Waals surface area contributed by atoms with Gasteiger partial charge in [0.1, 0.15) is 0 Å². The van der Waals surface area contributed by atoms with Crippen molar-refractivity contribution >= 4 is 21.6 Å². The molecule has 0 radical (unpaired) electrons. The largest absolute Gasteiger partial charge is 0.416 e. The molecule has 0 bridgehead atoms.